The second kappa shape index (κ2) is 4.18. The molecular weight excluding hydrogens is 172 g/mol. The third kappa shape index (κ3) is 2.01. The van der Waals surface area contributed by atoms with Gasteiger partial charge < -0.3 is 9.88 Å². The highest BCUT2D eigenvalue weighted by Gasteiger charge is 2.22. The van der Waals surface area contributed by atoms with Crippen LogP contribution in [-0.4, -0.2) is 10.6 Å². The van der Waals surface area contributed by atoms with E-state index in [2.05, 4.69) is 42.2 Å². The van der Waals surface area contributed by atoms with Crippen LogP contribution in [0.2, 0.25) is 0 Å². The van der Waals surface area contributed by atoms with Crippen LogP contribution < -0.4 is 5.32 Å². The van der Waals surface area contributed by atoms with Gasteiger partial charge in [-0.15, -0.1) is 0 Å². The summed E-state index contributed by atoms with van der Waals surface area (Å²) in [6.45, 7) is 3.37. The van der Waals surface area contributed by atoms with Gasteiger partial charge in [-0.05, 0) is 30.9 Å². The van der Waals surface area contributed by atoms with E-state index in [9.17, 15) is 0 Å². The number of hydrogen-bond acceptors (Lipinski definition) is 1. The van der Waals surface area contributed by atoms with Gasteiger partial charge in [0.25, 0.3) is 0 Å². The molecule has 0 saturated heterocycles. The molecule has 14 heavy (non-hydrogen) atoms. The average molecular weight is 192 g/mol. The fourth-order valence-electron chi connectivity index (χ4n) is 2.36. The van der Waals surface area contributed by atoms with Gasteiger partial charge in [0.1, 0.15) is 0 Å². The molecule has 0 spiro atoms. The van der Waals surface area contributed by atoms with E-state index in [-0.39, 0.29) is 0 Å². The molecule has 1 aliphatic carbocycles. The fourth-order valence-corrected chi connectivity index (χ4v) is 2.36. The smallest absolute Gasteiger partial charge is 0.0361 e. The summed E-state index contributed by atoms with van der Waals surface area (Å²) in [5.41, 5.74) is 1.38. The molecule has 2 nitrogen and oxygen atoms in total. The van der Waals surface area contributed by atoms with Crippen molar-refractivity contribution in [1.82, 2.24) is 9.88 Å². The van der Waals surface area contributed by atoms with Crippen LogP contribution in [0, 0.1) is 5.92 Å². The molecule has 1 aromatic rings. The number of aromatic nitrogens is 1. The first-order chi connectivity index (χ1) is 6.77. The van der Waals surface area contributed by atoms with Crippen molar-refractivity contribution >= 4 is 0 Å². The molecule has 2 unspecified atom stereocenters. The first-order valence-corrected chi connectivity index (χ1v) is 5.61. The van der Waals surface area contributed by atoms with E-state index in [4.69, 9.17) is 0 Å². The van der Waals surface area contributed by atoms with Crippen molar-refractivity contribution in [3.05, 3.63) is 24.0 Å². The molecule has 1 aromatic heterocycles. The lowest BCUT2D eigenvalue weighted by Crippen LogP contribution is -2.31. The van der Waals surface area contributed by atoms with Crippen LogP contribution >= 0.6 is 0 Å². The van der Waals surface area contributed by atoms with E-state index in [0.717, 1.165) is 18.5 Å². The SMILES string of the molecule is CC1CCCC1NCc1cccn1C. The molecule has 2 heteroatoms. The van der Waals surface area contributed by atoms with Crippen molar-refractivity contribution in [2.45, 2.75) is 38.8 Å². The summed E-state index contributed by atoms with van der Waals surface area (Å²) in [6.07, 6.45) is 6.25. The molecule has 0 radical (unpaired) electrons. The van der Waals surface area contributed by atoms with Crippen molar-refractivity contribution in [2.24, 2.45) is 13.0 Å². The molecule has 1 heterocycles. The molecule has 1 N–H and O–H groups in total. The van der Waals surface area contributed by atoms with Gasteiger partial charge in [0, 0.05) is 31.5 Å². The summed E-state index contributed by atoms with van der Waals surface area (Å²) in [5, 5.41) is 3.65. The third-order valence-electron chi connectivity index (χ3n) is 3.46. The van der Waals surface area contributed by atoms with Crippen LogP contribution in [0.3, 0.4) is 0 Å². The van der Waals surface area contributed by atoms with Crippen molar-refractivity contribution in [2.75, 3.05) is 0 Å². The maximum Gasteiger partial charge on any atom is 0.0361 e. The van der Waals surface area contributed by atoms with Crippen LogP contribution in [0.15, 0.2) is 18.3 Å². The van der Waals surface area contributed by atoms with E-state index in [0.29, 0.717) is 0 Å². The van der Waals surface area contributed by atoms with E-state index >= 15 is 0 Å². The Morgan fingerprint density at radius 1 is 1.50 bits per heavy atom. The molecule has 0 bridgehead atoms. The number of rotatable bonds is 3. The lowest BCUT2D eigenvalue weighted by molar-refractivity contribution is 0.421. The lowest BCUT2D eigenvalue weighted by atomic mass is 10.1. The van der Waals surface area contributed by atoms with Gasteiger partial charge in [0.15, 0.2) is 0 Å². The summed E-state index contributed by atoms with van der Waals surface area (Å²) in [5.74, 6) is 0.857. The van der Waals surface area contributed by atoms with Crippen molar-refractivity contribution in [3.8, 4) is 0 Å². The van der Waals surface area contributed by atoms with E-state index < -0.39 is 0 Å². The topological polar surface area (TPSA) is 17.0 Å². The molecule has 0 aromatic carbocycles. The van der Waals surface area contributed by atoms with Crippen molar-refractivity contribution < 1.29 is 0 Å². The van der Waals surface area contributed by atoms with Gasteiger partial charge in [0.05, 0.1) is 0 Å². The van der Waals surface area contributed by atoms with E-state index in [1.165, 1.54) is 25.0 Å². The van der Waals surface area contributed by atoms with Crippen molar-refractivity contribution in [3.63, 3.8) is 0 Å². The number of aryl methyl sites for hydroxylation is 1. The second-order valence-electron chi connectivity index (χ2n) is 4.51. The van der Waals surface area contributed by atoms with E-state index in [1.54, 1.807) is 0 Å². The zero-order chi connectivity index (χ0) is 9.97. The lowest BCUT2D eigenvalue weighted by Gasteiger charge is -2.17. The Bertz CT molecular complexity index is 290. The average Bonchev–Trinajstić information content (AvgIpc) is 2.72. The summed E-state index contributed by atoms with van der Waals surface area (Å²) < 4.78 is 2.19. The number of nitrogens with zero attached hydrogens (tertiary/aromatic N) is 1. The van der Waals surface area contributed by atoms with Gasteiger partial charge in [-0.25, -0.2) is 0 Å². The fraction of sp³-hybridized carbons (Fsp3) is 0.667. The molecule has 1 aliphatic rings. The largest absolute Gasteiger partial charge is 0.353 e. The summed E-state index contributed by atoms with van der Waals surface area (Å²) >= 11 is 0. The third-order valence-corrected chi connectivity index (χ3v) is 3.46. The Hall–Kier alpha value is -0.760. The Balaban J connectivity index is 1.85. The van der Waals surface area contributed by atoms with Crippen molar-refractivity contribution in [1.29, 1.82) is 0 Å². The normalized spacial score (nSPS) is 27.0. The van der Waals surface area contributed by atoms with Gasteiger partial charge in [0.2, 0.25) is 0 Å². The monoisotopic (exact) mass is 192 g/mol. The zero-order valence-electron chi connectivity index (χ0n) is 9.16. The van der Waals surface area contributed by atoms with Crippen LogP contribution in [-0.2, 0) is 13.6 Å². The Morgan fingerprint density at radius 2 is 2.36 bits per heavy atom. The van der Waals surface area contributed by atoms with Crippen LogP contribution in [0.5, 0.6) is 0 Å². The highest BCUT2D eigenvalue weighted by Crippen LogP contribution is 2.24. The first kappa shape index (κ1) is 9.78. The van der Waals surface area contributed by atoms with Gasteiger partial charge in [-0.3, -0.25) is 0 Å². The zero-order valence-corrected chi connectivity index (χ0v) is 9.16. The molecule has 1 saturated carbocycles. The van der Waals surface area contributed by atoms with Crippen LogP contribution in [0.4, 0.5) is 0 Å². The van der Waals surface area contributed by atoms with Crippen LogP contribution in [0.1, 0.15) is 31.9 Å². The predicted molar refractivity (Wildman–Crippen MR) is 59.1 cm³/mol. The Labute approximate surface area is 86.3 Å². The summed E-state index contributed by atoms with van der Waals surface area (Å²) in [4.78, 5) is 0. The van der Waals surface area contributed by atoms with Gasteiger partial charge in [-0.2, -0.15) is 0 Å². The maximum absolute atomic E-state index is 3.65. The first-order valence-electron chi connectivity index (χ1n) is 5.61. The van der Waals surface area contributed by atoms with E-state index in [1.807, 2.05) is 0 Å². The number of nitrogens with one attached hydrogen (secondary N) is 1. The molecule has 1 fully saturated rings. The standard InChI is InChI=1S/C12H20N2/c1-10-5-3-7-12(10)13-9-11-6-4-8-14(11)2/h4,6,8,10,12-13H,3,5,7,9H2,1-2H3. The molecule has 2 atom stereocenters. The second-order valence-corrected chi connectivity index (χ2v) is 4.51. The van der Waals surface area contributed by atoms with Gasteiger partial charge >= 0.3 is 0 Å². The van der Waals surface area contributed by atoms with Gasteiger partial charge in [-0.1, -0.05) is 13.3 Å². The van der Waals surface area contributed by atoms with Crippen LogP contribution in [0.25, 0.3) is 0 Å². The minimum atomic E-state index is 0.741. The maximum atomic E-state index is 3.65. The minimum absolute atomic E-state index is 0.741. The minimum Gasteiger partial charge on any atom is -0.353 e. The number of hydrogen-bond donors (Lipinski definition) is 1. The Kier molecular flexibility index (Phi) is 2.92. The summed E-state index contributed by atoms with van der Waals surface area (Å²) in [7, 11) is 2.11. The summed E-state index contributed by atoms with van der Waals surface area (Å²) in [6, 6.07) is 5.03. The molecule has 0 amide bonds. The molecule has 0 aliphatic heterocycles. The molecule has 78 valence electrons. The Morgan fingerprint density at radius 3 is 2.93 bits per heavy atom. The molecule has 2 rings (SSSR count). The highest BCUT2D eigenvalue weighted by molar-refractivity contribution is 5.06. The quantitative estimate of drug-likeness (QED) is 0.777. The highest BCUT2D eigenvalue weighted by atomic mass is 15.0. The predicted octanol–water partition coefficient (Wildman–Crippen LogP) is 2.30. The molecular formula is C12H20N2.